The van der Waals surface area contributed by atoms with Gasteiger partial charge in [0.1, 0.15) is 23.5 Å². The van der Waals surface area contributed by atoms with E-state index in [9.17, 15) is 0 Å². The molecule has 3 aromatic heterocycles. The Morgan fingerprint density at radius 3 is 2.58 bits per heavy atom. The summed E-state index contributed by atoms with van der Waals surface area (Å²) < 4.78 is 13.3. The number of fused-ring (bicyclic) bond motifs is 3. The van der Waals surface area contributed by atoms with Crippen molar-refractivity contribution in [1.82, 2.24) is 25.0 Å². The van der Waals surface area contributed by atoms with Gasteiger partial charge in [-0.15, -0.1) is 31.7 Å². The van der Waals surface area contributed by atoms with Crippen LogP contribution in [0.4, 0.5) is 0 Å². The quantitative estimate of drug-likeness (QED) is 0.385. The Bertz CT molecular complexity index is 1340. The lowest BCUT2D eigenvalue weighted by Gasteiger charge is -2.11. The summed E-state index contributed by atoms with van der Waals surface area (Å²) in [6, 6.07) is 7.42. The number of ether oxygens (including phenoxy) is 1. The molecular formula is C23H23ClN6O2S. The number of benzene rings is 1. The second kappa shape index (κ2) is 8.81. The fourth-order valence-corrected chi connectivity index (χ4v) is 5.26. The highest BCUT2D eigenvalue weighted by atomic mass is 35.5. The highest BCUT2D eigenvalue weighted by Gasteiger charge is 2.32. The van der Waals surface area contributed by atoms with Crippen LogP contribution in [0.5, 0.6) is 0 Å². The Kier molecular flexibility index (Phi) is 5.86. The number of hydrogen-bond donors (Lipinski definition) is 0. The van der Waals surface area contributed by atoms with Crippen LogP contribution >= 0.6 is 22.9 Å². The third kappa shape index (κ3) is 4.01. The third-order valence-corrected chi connectivity index (χ3v) is 7.11. The van der Waals surface area contributed by atoms with E-state index in [1.54, 1.807) is 11.3 Å². The predicted octanol–water partition coefficient (Wildman–Crippen LogP) is 4.96. The van der Waals surface area contributed by atoms with Gasteiger partial charge in [0.25, 0.3) is 0 Å². The Balaban J connectivity index is 1.65. The maximum atomic E-state index is 6.17. The summed E-state index contributed by atoms with van der Waals surface area (Å²) in [5.41, 5.74) is 4.17. The standard InChI is InChI=1S/C23H23ClN6O2S/c1-5-31-11-19-28-27-18(32-19)10-17-22-29-26-14(4)30(22)23-20(12(2)13(3)33-23)21(25-17)15-6-8-16(24)9-7-15/h6-9,17H,5,10-11H2,1-4H3. The van der Waals surface area contributed by atoms with E-state index >= 15 is 0 Å². The Hall–Kier alpha value is -2.88. The Labute approximate surface area is 200 Å². The molecule has 4 aromatic rings. The molecule has 5 rings (SSSR count). The van der Waals surface area contributed by atoms with E-state index in [0.29, 0.717) is 36.4 Å². The minimum absolute atomic E-state index is 0.290. The molecule has 0 radical (unpaired) electrons. The number of aryl methyl sites for hydroxylation is 2. The largest absolute Gasteiger partial charge is 0.423 e. The van der Waals surface area contributed by atoms with Crippen LogP contribution in [0.1, 0.15) is 58.0 Å². The predicted molar refractivity (Wildman–Crippen MR) is 127 cm³/mol. The molecule has 0 fully saturated rings. The van der Waals surface area contributed by atoms with Crippen LogP contribution < -0.4 is 0 Å². The minimum Gasteiger partial charge on any atom is -0.423 e. The molecule has 4 heterocycles. The van der Waals surface area contributed by atoms with Crippen molar-refractivity contribution in [3.05, 3.63) is 74.3 Å². The Morgan fingerprint density at radius 1 is 1.06 bits per heavy atom. The molecule has 8 nitrogen and oxygen atoms in total. The van der Waals surface area contributed by atoms with Crippen LogP contribution in [0, 0.1) is 20.8 Å². The topological polar surface area (TPSA) is 91.2 Å². The highest BCUT2D eigenvalue weighted by Crippen LogP contribution is 2.39. The van der Waals surface area contributed by atoms with Gasteiger partial charge in [-0.05, 0) is 45.4 Å². The lowest BCUT2D eigenvalue weighted by molar-refractivity contribution is 0.113. The van der Waals surface area contributed by atoms with Gasteiger partial charge in [0.05, 0.1) is 12.1 Å². The van der Waals surface area contributed by atoms with Crippen molar-refractivity contribution in [2.24, 2.45) is 4.99 Å². The molecule has 0 aliphatic carbocycles. The summed E-state index contributed by atoms with van der Waals surface area (Å²) in [4.78, 5) is 6.44. The van der Waals surface area contributed by atoms with Gasteiger partial charge in [0.2, 0.25) is 11.8 Å². The zero-order chi connectivity index (χ0) is 23.1. The summed E-state index contributed by atoms with van der Waals surface area (Å²) >= 11 is 7.89. The fourth-order valence-electron chi connectivity index (χ4n) is 3.92. The maximum Gasteiger partial charge on any atom is 0.242 e. The van der Waals surface area contributed by atoms with E-state index in [-0.39, 0.29) is 6.04 Å². The van der Waals surface area contributed by atoms with Gasteiger partial charge < -0.3 is 9.15 Å². The first-order valence-corrected chi connectivity index (χ1v) is 11.9. The second-order valence-corrected chi connectivity index (χ2v) is 9.48. The van der Waals surface area contributed by atoms with Crippen molar-refractivity contribution in [2.75, 3.05) is 6.61 Å². The van der Waals surface area contributed by atoms with Crippen molar-refractivity contribution in [1.29, 1.82) is 0 Å². The average molecular weight is 483 g/mol. The van der Waals surface area contributed by atoms with Gasteiger partial charge in [-0.3, -0.25) is 9.56 Å². The van der Waals surface area contributed by atoms with Crippen LogP contribution in [0.3, 0.4) is 0 Å². The first kappa shape index (κ1) is 21.9. The molecule has 33 heavy (non-hydrogen) atoms. The molecular weight excluding hydrogens is 460 g/mol. The lowest BCUT2D eigenvalue weighted by Crippen LogP contribution is -2.09. The first-order valence-electron chi connectivity index (χ1n) is 10.7. The van der Waals surface area contributed by atoms with Crippen LogP contribution in [-0.4, -0.2) is 37.3 Å². The molecule has 1 aliphatic heterocycles. The van der Waals surface area contributed by atoms with E-state index in [0.717, 1.165) is 33.5 Å². The van der Waals surface area contributed by atoms with Crippen LogP contribution in [0.25, 0.3) is 5.00 Å². The van der Waals surface area contributed by atoms with Crippen LogP contribution in [0.15, 0.2) is 33.7 Å². The molecule has 1 aromatic carbocycles. The van der Waals surface area contributed by atoms with E-state index in [2.05, 4.69) is 38.8 Å². The number of halogens is 1. The molecule has 0 spiro atoms. The molecule has 10 heteroatoms. The van der Waals surface area contributed by atoms with Crippen molar-refractivity contribution in [2.45, 2.75) is 46.8 Å². The van der Waals surface area contributed by atoms with E-state index < -0.39 is 0 Å². The molecule has 0 saturated carbocycles. The number of rotatable bonds is 6. The van der Waals surface area contributed by atoms with E-state index in [4.69, 9.17) is 25.7 Å². The summed E-state index contributed by atoms with van der Waals surface area (Å²) in [6.07, 6.45) is 0.404. The number of thiophene rings is 1. The molecule has 1 atom stereocenters. The van der Waals surface area contributed by atoms with E-state index in [1.807, 2.05) is 38.1 Å². The van der Waals surface area contributed by atoms with Gasteiger partial charge in [-0.2, -0.15) is 0 Å². The lowest BCUT2D eigenvalue weighted by atomic mass is 9.99. The molecule has 0 N–H and O–H groups in total. The van der Waals surface area contributed by atoms with Crippen LogP contribution in [-0.2, 0) is 17.8 Å². The van der Waals surface area contributed by atoms with Crippen molar-refractivity contribution < 1.29 is 9.15 Å². The van der Waals surface area contributed by atoms with Crippen molar-refractivity contribution >= 4 is 28.6 Å². The molecule has 0 saturated heterocycles. The third-order valence-electron chi connectivity index (χ3n) is 5.66. The summed E-state index contributed by atoms with van der Waals surface area (Å²) in [7, 11) is 0. The molecule has 0 bridgehead atoms. The number of nitrogens with zero attached hydrogens (tertiary/aromatic N) is 6. The summed E-state index contributed by atoms with van der Waals surface area (Å²) in [5.74, 6) is 2.50. The minimum atomic E-state index is -0.350. The summed E-state index contributed by atoms with van der Waals surface area (Å²) in [5, 5.41) is 18.9. The van der Waals surface area contributed by atoms with E-state index in [1.165, 1.54) is 10.4 Å². The summed E-state index contributed by atoms with van der Waals surface area (Å²) in [6.45, 7) is 9.02. The molecule has 1 unspecified atom stereocenters. The van der Waals surface area contributed by atoms with Crippen molar-refractivity contribution in [3.63, 3.8) is 0 Å². The van der Waals surface area contributed by atoms with Gasteiger partial charge >= 0.3 is 0 Å². The highest BCUT2D eigenvalue weighted by molar-refractivity contribution is 7.15. The normalized spacial score (nSPS) is 15.2. The monoisotopic (exact) mass is 482 g/mol. The molecule has 170 valence electrons. The SMILES string of the molecule is CCOCc1nnc(CC2N=C(c3ccc(Cl)cc3)c3c(sc(C)c3C)-n3c(C)nnc32)o1. The van der Waals surface area contributed by atoms with Crippen LogP contribution in [0.2, 0.25) is 5.02 Å². The average Bonchev–Trinajstić information content (AvgIpc) is 3.46. The van der Waals surface area contributed by atoms with Crippen molar-refractivity contribution in [3.8, 4) is 5.00 Å². The number of hydrogen-bond acceptors (Lipinski definition) is 8. The van der Waals surface area contributed by atoms with Gasteiger partial charge in [-0.25, -0.2) is 0 Å². The van der Waals surface area contributed by atoms with Gasteiger partial charge in [0.15, 0.2) is 5.82 Å². The zero-order valence-corrected chi connectivity index (χ0v) is 20.4. The smallest absolute Gasteiger partial charge is 0.242 e. The Morgan fingerprint density at radius 2 is 1.82 bits per heavy atom. The number of aromatic nitrogens is 5. The molecule has 0 amide bonds. The number of aliphatic imine (C=N–C) groups is 1. The second-order valence-electron chi connectivity index (χ2n) is 7.84. The zero-order valence-electron chi connectivity index (χ0n) is 18.8. The molecule has 1 aliphatic rings. The maximum absolute atomic E-state index is 6.17. The first-order chi connectivity index (χ1) is 16.0. The van der Waals surface area contributed by atoms with Gasteiger partial charge in [0, 0.05) is 27.6 Å². The fraction of sp³-hybridized carbons (Fsp3) is 0.348. The van der Waals surface area contributed by atoms with Gasteiger partial charge in [-0.1, -0.05) is 23.7 Å².